The molecule has 0 bridgehead atoms. The van der Waals surface area contributed by atoms with Crippen LogP contribution in [-0.4, -0.2) is 6.03 Å². The first-order valence-corrected chi connectivity index (χ1v) is 7.04. The smallest absolute Gasteiger partial charge is 0.308 e. The van der Waals surface area contributed by atoms with E-state index in [9.17, 15) is 4.79 Å². The van der Waals surface area contributed by atoms with Gasteiger partial charge in [0.2, 0.25) is 0 Å². The van der Waals surface area contributed by atoms with Gasteiger partial charge < -0.3 is 5.32 Å². The first kappa shape index (κ1) is 14.4. The highest BCUT2D eigenvalue weighted by Gasteiger charge is 2.14. The minimum atomic E-state index is -0.384. The summed E-state index contributed by atoms with van der Waals surface area (Å²) < 4.78 is 0. The number of rotatable bonds is 2. The summed E-state index contributed by atoms with van der Waals surface area (Å²) in [5, 5.41) is 15.7. The lowest BCUT2D eigenvalue weighted by Gasteiger charge is -2.06. The van der Waals surface area contributed by atoms with Crippen molar-refractivity contribution >= 4 is 39.7 Å². The Kier molecular flexibility index (Phi) is 4.28. The van der Waals surface area contributed by atoms with Crippen molar-refractivity contribution < 1.29 is 4.79 Å². The fourth-order valence-electron chi connectivity index (χ4n) is 1.65. The molecule has 102 valence electrons. The van der Waals surface area contributed by atoms with Gasteiger partial charge in [0.25, 0.3) is 0 Å². The summed E-state index contributed by atoms with van der Waals surface area (Å²) in [5.74, 6) is 0. The number of hydrogen-bond donors (Lipinski definition) is 2. The Morgan fingerprint density at radius 2 is 1.90 bits per heavy atom. The second-order valence-electron chi connectivity index (χ2n) is 4.19. The molecule has 0 unspecified atom stereocenters. The zero-order valence-electron chi connectivity index (χ0n) is 11.0. The van der Waals surface area contributed by atoms with E-state index in [2.05, 4.69) is 16.7 Å². The zero-order chi connectivity index (χ0) is 14.7. The van der Waals surface area contributed by atoms with Crippen LogP contribution in [0.15, 0.2) is 24.3 Å². The van der Waals surface area contributed by atoms with E-state index in [1.165, 1.54) is 11.3 Å². The van der Waals surface area contributed by atoms with Crippen molar-refractivity contribution in [3.8, 4) is 6.07 Å². The van der Waals surface area contributed by atoms with Crippen LogP contribution < -0.4 is 10.6 Å². The number of aryl methyl sites for hydroxylation is 1. The Morgan fingerprint density at radius 3 is 2.50 bits per heavy atom. The summed E-state index contributed by atoms with van der Waals surface area (Å²) in [6, 6.07) is 8.52. The van der Waals surface area contributed by atoms with Crippen LogP contribution in [0.2, 0.25) is 5.02 Å². The van der Waals surface area contributed by atoms with E-state index >= 15 is 0 Å². The van der Waals surface area contributed by atoms with Gasteiger partial charge in [0.15, 0.2) is 0 Å². The molecule has 0 fully saturated rings. The number of hydrogen-bond acceptors (Lipinski definition) is 3. The summed E-state index contributed by atoms with van der Waals surface area (Å²) in [4.78, 5) is 12.9. The maximum atomic E-state index is 11.9. The van der Waals surface area contributed by atoms with Crippen LogP contribution in [0, 0.1) is 25.2 Å². The number of amides is 2. The highest BCUT2D eigenvalue weighted by Crippen LogP contribution is 2.31. The number of halogens is 1. The van der Waals surface area contributed by atoms with Crippen molar-refractivity contribution in [1.29, 1.82) is 5.26 Å². The molecule has 1 heterocycles. The van der Waals surface area contributed by atoms with E-state index in [0.717, 1.165) is 10.4 Å². The van der Waals surface area contributed by atoms with Crippen molar-refractivity contribution in [3.63, 3.8) is 0 Å². The highest BCUT2D eigenvalue weighted by atomic mass is 35.5. The number of carbonyl (C=O) groups is 1. The van der Waals surface area contributed by atoms with Crippen molar-refractivity contribution in [1.82, 2.24) is 0 Å². The Hall–Kier alpha value is -2.03. The van der Waals surface area contributed by atoms with Gasteiger partial charge in [-0.15, -0.1) is 11.3 Å². The van der Waals surface area contributed by atoms with Crippen molar-refractivity contribution in [2.24, 2.45) is 0 Å². The Labute approximate surface area is 126 Å². The third-order valence-electron chi connectivity index (χ3n) is 2.83. The molecule has 0 saturated heterocycles. The summed E-state index contributed by atoms with van der Waals surface area (Å²) in [6.45, 7) is 3.79. The predicted octanol–water partition coefficient (Wildman–Crippen LogP) is 4.53. The van der Waals surface area contributed by atoms with Gasteiger partial charge in [-0.25, -0.2) is 4.79 Å². The second kappa shape index (κ2) is 5.95. The lowest BCUT2D eigenvalue weighted by atomic mass is 10.2. The van der Waals surface area contributed by atoms with Crippen molar-refractivity contribution in [2.45, 2.75) is 13.8 Å². The zero-order valence-corrected chi connectivity index (χ0v) is 12.5. The van der Waals surface area contributed by atoms with Gasteiger partial charge in [-0.3, -0.25) is 5.32 Å². The van der Waals surface area contributed by atoms with Gasteiger partial charge in [0.1, 0.15) is 11.1 Å². The third-order valence-corrected chi connectivity index (χ3v) is 4.20. The summed E-state index contributed by atoms with van der Waals surface area (Å²) in [6.07, 6.45) is 0. The van der Waals surface area contributed by atoms with E-state index in [4.69, 9.17) is 16.9 Å². The molecule has 2 rings (SSSR count). The Bertz CT molecular complexity index is 686. The van der Waals surface area contributed by atoms with Gasteiger partial charge in [-0.1, -0.05) is 11.6 Å². The molecule has 20 heavy (non-hydrogen) atoms. The topological polar surface area (TPSA) is 64.9 Å². The lowest BCUT2D eigenvalue weighted by Crippen LogP contribution is -2.19. The van der Waals surface area contributed by atoms with Crippen LogP contribution in [-0.2, 0) is 0 Å². The minimum absolute atomic E-state index is 0.384. The molecular formula is C14H12ClN3OS. The molecule has 2 amide bonds. The number of nitrogens with one attached hydrogen (secondary N) is 2. The third kappa shape index (κ3) is 3.10. The normalized spacial score (nSPS) is 9.90. The van der Waals surface area contributed by atoms with Crippen LogP contribution >= 0.6 is 22.9 Å². The molecule has 2 N–H and O–H groups in total. The van der Waals surface area contributed by atoms with Crippen molar-refractivity contribution in [3.05, 3.63) is 45.3 Å². The number of thiophene rings is 1. The van der Waals surface area contributed by atoms with Crippen LogP contribution in [0.4, 0.5) is 15.5 Å². The molecule has 0 aliphatic rings. The number of benzene rings is 1. The molecule has 2 aromatic rings. The average Bonchev–Trinajstić information content (AvgIpc) is 2.67. The van der Waals surface area contributed by atoms with Gasteiger partial charge in [-0.2, -0.15) is 5.26 Å². The Balaban J connectivity index is 2.11. The monoisotopic (exact) mass is 305 g/mol. The van der Waals surface area contributed by atoms with Crippen LogP contribution in [0.25, 0.3) is 0 Å². The fourth-order valence-corrected chi connectivity index (χ4v) is 2.78. The first-order chi connectivity index (χ1) is 9.51. The van der Waals surface area contributed by atoms with E-state index in [1.807, 2.05) is 13.8 Å². The van der Waals surface area contributed by atoms with E-state index in [-0.39, 0.29) is 6.03 Å². The highest BCUT2D eigenvalue weighted by molar-refractivity contribution is 7.16. The summed E-state index contributed by atoms with van der Waals surface area (Å²) in [7, 11) is 0. The van der Waals surface area contributed by atoms with Gasteiger partial charge in [-0.05, 0) is 43.7 Å². The fraction of sp³-hybridized carbons (Fsp3) is 0.143. The number of urea groups is 1. The van der Waals surface area contributed by atoms with Crippen molar-refractivity contribution in [2.75, 3.05) is 10.6 Å². The molecule has 1 aromatic carbocycles. The Morgan fingerprint density at radius 1 is 1.25 bits per heavy atom. The molecule has 0 saturated carbocycles. The lowest BCUT2D eigenvalue weighted by molar-refractivity contribution is 0.262. The molecule has 6 heteroatoms. The molecule has 0 atom stereocenters. The number of nitriles is 1. The van der Waals surface area contributed by atoms with Crippen LogP contribution in [0.3, 0.4) is 0 Å². The van der Waals surface area contributed by atoms with E-state index in [1.54, 1.807) is 24.3 Å². The van der Waals surface area contributed by atoms with Gasteiger partial charge in [0.05, 0.1) is 5.56 Å². The maximum Gasteiger partial charge on any atom is 0.324 e. The van der Waals surface area contributed by atoms with Gasteiger partial charge >= 0.3 is 6.03 Å². The number of carbonyl (C=O) groups excluding carboxylic acids is 1. The van der Waals surface area contributed by atoms with Gasteiger partial charge in [0, 0.05) is 15.6 Å². The number of nitrogens with zero attached hydrogens (tertiary/aromatic N) is 1. The quantitative estimate of drug-likeness (QED) is 0.855. The molecule has 1 aromatic heterocycles. The molecule has 0 aliphatic carbocycles. The molecule has 0 spiro atoms. The van der Waals surface area contributed by atoms with Crippen LogP contribution in [0.5, 0.6) is 0 Å². The minimum Gasteiger partial charge on any atom is -0.308 e. The standard InChI is InChI=1S/C14H12ClN3OS/c1-8-9(2)20-13(12(8)7-16)18-14(19)17-11-5-3-10(15)4-6-11/h3-6H,1-2H3,(H2,17,18,19). The first-order valence-electron chi connectivity index (χ1n) is 5.85. The van der Waals surface area contributed by atoms with Crippen LogP contribution in [0.1, 0.15) is 16.0 Å². The molecule has 0 radical (unpaired) electrons. The maximum absolute atomic E-state index is 11.9. The summed E-state index contributed by atoms with van der Waals surface area (Å²) in [5.41, 5.74) is 2.05. The van der Waals surface area contributed by atoms with E-state index in [0.29, 0.717) is 21.3 Å². The molecule has 4 nitrogen and oxygen atoms in total. The average molecular weight is 306 g/mol. The molecule has 0 aliphatic heterocycles. The second-order valence-corrected chi connectivity index (χ2v) is 5.85. The van der Waals surface area contributed by atoms with E-state index < -0.39 is 0 Å². The predicted molar refractivity (Wildman–Crippen MR) is 82.6 cm³/mol. The largest absolute Gasteiger partial charge is 0.324 e. The summed E-state index contributed by atoms with van der Waals surface area (Å²) >= 11 is 7.17. The SMILES string of the molecule is Cc1sc(NC(=O)Nc2ccc(Cl)cc2)c(C#N)c1C. The molecular weight excluding hydrogens is 294 g/mol. The number of anilines is 2.